The van der Waals surface area contributed by atoms with Gasteiger partial charge in [0.25, 0.3) is 0 Å². The number of rotatable bonds is 11. The van der Waals surface area contributed by atoms with Crippen molar-refractivity contribution in [1.82, 2.24) is 14.9 Å². The molecule has 202 valence electrons. The van der Waals surface area contributed by atoms with Crippen LogP contribution in [0.25, 0.3) is 10.9 Å². The monoisotopic (exact) mass is 555 g/mol. The Kier molecular flexibility index (Phi) is 6.92. The number of halogens is 2. The van der Waals surface area contributed by atoms with Gasteiger partial charge >= 0.3 is 0 Å². The second-order valence-electron chi connectivity index (χ2n) is 8.21. The highest BCUT2D eigenvalue weighted by molar-refractivity contribution is 6.32. The van der Waals surface area contributed by atoms with Crippen molar-refractivity contribution in [1.29, 1.82) is 0 Å². The molecule has 0 radical (unpaired) electrons. The van der Waals surface area contributed by atoms with Gasteiger partial charge in [-0.3, -0.25) is 4.79 Å². The minimum Gasteiger partial charge on any atom is -0.492 e. The molecule has 1 aromatic heterocycles. The van der Waals surface area contributed by atoms with Gasteiger partial charge in [-0.2, -0.15) is 0 Å². The maximum Gasteiger partial charge on any atom is 0.248 e. The summed E-state index contributed by atoms with van der Waals surface area (Å²) < 4.78 is 69.6. The van der Waals surface area contributed by atoms with Crippen LogP contribution in [0.4, 0.5) is 21.6 Å². The molecule has 1 amide bonds. The summed E-state index contributed by atoms with van der Waals surface area (Å²) in [4.78, 5) is 21.7. The van der Waals surface area contributed by atoms with Crippen LogP contribution in [0.5, 0.6) is 11.5 Å². The smallest absolute Gasteiger partial charge is 0.248 e. The molecule has 0 aliphatic heterocycles. The lowest BCUT2D eigenvalue weighted by Crippen LogP contribution is -2.13. The lowest BCUT2D eigenvalue weighted by atomic mass is 10.1. The number of hydrogen-bond acceptors (Lipinski definition) is 7. The van der Waals surface area contributed by atoms with E-state index in [-0.39, 0.29) is 18.1 Å². The van der Waals surface area contributed by atoms with Crippen LogP contribution in [-0.4, -0.2) is 47.9 Å². The molecular formula is C29H29ClFN5O3. The maximum atomic E-state index is 13.5. The van der Waals surface area contributed by atoms with Gasteiger partial charge in [0.2, 0.25) is 5.91 Å². The van der Waals surface area contributed by atoms with Crippen molar-refractivity contribution in [2.24, 2.45) is 0 Å². The standard InChI is InChI=1S/C29H29ClFN5O3/c1-4-38-27-16-24-22(15-25(27)35-28(37)9-6-12-36(2)3)29(33-18-32-24)34-21-10-11-26(23(30)14-21)39-17-19-7-5-8-20(31)13-19/h5-11,13-16,18H,4,12,17H2,1-3H3,(H,35,37)(H,32,33,34)/b9-6+/i2D3,3D3. The number of anilines is 3. The Morgan fingerprint density at radius 1 is 1.13 bits per heavy atom. The van der Waals surface area contributed by atoms with E-state index in [0.29, 0.717) is 56.0 Å². The minimum atomic E-state index is -2.88. The van der Waals surface area contributed by atoms with Gasteiger partial charge in [-0.1, -0.05) is 29.8 Å². The Morgan fingerprint density at radius 2 is 2.00 bits per heavy atom. The molecule has 1 heterocycles. The van der Waals surface area contributed by atoms with Crippen LogP contribution in [0.2, 0.25) is 5.02 Å². The third-order valence-corrected chi connectivity index (χ3v) is 5.62. The van der Waals surface area contributed by atoms with Crippen molar-refractivity contribution in [2.45, 2.75) is 13.5 Å². The van der Waals surface area contributed by atoms with Gasteiger partial charge in [0.1, 0.15) is 36.1 Å². The van der Waals surface area contributed by atoms with E-state index in [4.69, 9.17) is 29.3 Å². The Balaban J connectivity index is 1.53. The molecule has 0 saturated carbocycles. The molecule has 3 aromatic carbocycles. The van der Waals surface area contributed by atoms with Crippen molar-refractivity contribution < 1.29 is 26.9 Å². The molecule has 2 N–H and O–H groups in total. The van der Waals surface area contributed by atoms with Crippen LogP contribution in [0.3, 0.4) is 0 Å². The van der Waals surface area contributed by atoms with Crippen LogP contribution in [0, 0.1) is 5.82 Å². The number of carbonyl (C=O) groups is 1. The highest BCUT2D eigenvalue weighted by Crippen LogP contribution is 2.35. The molecule has 0 unspecified atom stereocenters. The SMILES string of the molecule is [2H]C([2H])([2H])N(C/C=C/C(=O)Nc1cc2c(Nc3ccc(OCc4cccc(F)c4)c(Cl)c3)ncnc2cc1OCC)C([2H])([2H])[2H]. The average Bonchev–Trinajstić information content (AvgIpc) is 2.94. The van der Waals surface area contributed by atoms with Gasteiger partial charge in [0, 0.05) is 38.0 Å². The van der Waals surface area contributed by atoms with E-state index in [2.05, 4.69) is 20.6 Å². The van der Waals surface area contributed by atoms with Crippen molar-refractivity contribution >= 4 is 45.6 Å². The molecule has 0 aliphatic rings. The number of hydrogen-bond donors (Lipinski definition) is 2. The summed E-state index contributed by atoms with van der Waals surface area (Å²) in [6, 6.07) is 14.3. The number of nitrogens with one attached hydrogen (secondary N) is 2. The van der Waals surface area contributed by atoms with Gasteiger partial charge < -0.3 is 25.0 Å². The number of fused-ring (bicyclic) bond motifs is 1. The first-order chi connectivity index (χ1) is 21.2. The van der Waals surface area contributed by atoms with Crippen LogP contribution in [0.15, 0.2) is 73.1 Å². The first-order valence-corrected chi connectivity index (χ1v) is 12.2. The highest BCUT2D eigenvalue weighted by atomic mass is 35.5. The topological polar surface area (TPSA) is 88.6 Å². The van der Waals surface area contributed by atoms with Crippen molar-refractivity contribution in [2.75, 3.05) is 37.7 Å². The number of nitrogens with zero attached hydrogens (tertiary/aromatic N) is 3. The largest absolute Gasteiger partial charge is 0.492 e. The number of benzene rings is 3. The zero-order valence-electron chi connectivity index (χ0n) is 26.9. The van der Waals surface area contributed by atoms with E-state index >= 15 is 0 Å². The van der Waals surface area contributed by atoms with Crippen LogP contribution >= 0.6 is 11.6 Å². The molecule has 4 rings (SSSR count). The minimum absolute atomic E-state index is 0.129. The van der Waals surface area contributed by atoms with Crippen LogP contribution < -0.4 is 20.1 Å². The van der Waals surface area contributed by atoms with E-state index in [9.17, 15) is 9.18 Å². The first kappa shape index (κ1) is 20.7. The second kappa shape index (κ2) is 13.0. The summed E-state index contributed by atoms with van der Waals surface area (Å²) >= 11 is 6.45. The number of aromatic nitrogens is 2. The average molecular weight is 556 g/mol. The van der Waals surface area contributed by atoms with Crippen molar-refractivity contribution in [3.8, 4) is 11.5 Å². The number of likely N-dealkylation sites (N-methyl/N-ethyl adjacent to an activating group) is 1. The highest BCUT2D eigenvalue weighted by Gasteiger charge is 2.14. The molecule has 0 spiro atoms. The lowest BCUT2D eigenvalue weighted by molar-refractivity contribution is -0.111. The van der Waals surface area contributed by atoms with Gasteiger partial charge in [-0.25, -0.2) is 14.4 Å². The van der Waals surface area contributed by atoms with Crippen LogP contribution in [-0.2, 0) is 11.4 Å². The normalized spacial score (nSPS) is 14.2. The molecule has 10 heteroatoms. The molecule has 39 heavy (non-hydrogen) atoms. The van der Waals surface area contributed by atoms with Gasteiger partial charge in [0.15, 0.2) is 0 Å². The molecule has 0 fully saturated rings. The molecule has 8 nitrogen and oxygen atoms in total. The van der Waals surface area contributed by atoms with Gasteiger partial charge in [-0.15, -0.1) is 0 Å². The molecular weight excluding hydrogens is 521 g/mol. The summed E-state index contributed by atoms with van der Waals surface area (Å²) in [6.45, 7) is -4.07. The Bertz CT molecular complexity index is 1690. The van der Waals surface area contributed by atoms with Crippen molar-refractivity contribution in [3.63, 3.8) is 0 Å². The molecule has 0 atom stereocenters. The van der Waals surface area contributed by atoms with Crippen LogP contribution in [0.1, 0.15) is 20.7 Å². The van der Waals surface area contributed by atoms with E-state index in [0.717, 1.165) is 12.2 Å². The summed E-state index contributed by atoms with van der Waals surface area (Å²) in [5.41, 5.74) is 2.02. The van der Waals surface area contributed by atoms with E-state index in [1.807, 2.05) is 0 Å². The molecule has 4 aromatic rings. The van der Waals surface area contributed by atoms with E-state index < -0.39 is 26.4 Å². The number of amides is 1. The third-order valence-electron chi connectivity index (χ3n) is 5.33. The van der Waals surface area contributed by atoms with Gasteiger partial charge in [-0.05, 0) is 62.8 Å². The Morgan fingerprint density at radius 3 is 2.77 bits per heavy atom. The zero-order chi connectivity index (χ0) is 32.8. The quantitative estimate of drug-likeness (QED) is 0.213. The summed E-state index contributed by atoms with van der Waals surface area (Å²) in [5.74, 6) is 0.118. The number of ether oxygens (including phenoxy) is 2. The predicted molar refractivity (Wildman–Crippen MR) is 152 cm³/mol. The van der Waals surface area contributed by atoms with E-state index in [1.54, 1.807) is 49.4 Å². The Hall–Kier alpha value is -4.21. The summed E-state index contributed by atoms with van der Waals surface area (Å²) in [6.07, 6.45) is 3.56. The predicted octanol–water partition coefficient (Wildman–Crippen LogP) is 6.20. The van der Waals surface area contributed by atoms with E-state index in [1.165, 1.54) is 18.5 Å². The molecule has 0 saturated heterocycles. The summed E-state index contributed by atoms with van der Waals surface area (Å²) in [5, 5.41) is 6.70. The Labute approximate surface area is 239 Å². The maximum absolute atomic E-state index is 13.5. The van der Waals surface area contributed by atoms with Crippen molar-refractivity contribution in [3.05, 3.63) is 89.5 Å². The molecule has 0 bridgehead atoms. The fourth-order valence-electron chi connectivity index (χ4n) is 3.62. The lowest BCUT2D eigenvalue weighted by Gasteiger charge is -2.15. The first-order valence-electron chi connectivity index (χ1n) is 14.8. The third kappa shape index (κ3) is 7.66. The zero-order valence-corrected chi connectivity index (χ0v) is 21.6. The van der Waals surface area contributed by atoms with Gasteiger partial charge in [0.05, 0.1) is 22.8 Å². The molecule has 0 aliphatic carbocycles. The summed E-state index contributed by atoms with van der Waals surface area (Å²) in [7, 11) is 0. The second-order valence-corrected chi connectivity index (χ2v) is 8.62. The fourth-order valence-corrected chi connectivity index (χ4v) is 3.85. The fraction of sp³-hybridized carbons (Fsp3) is 0.207. The number of carbonyl (C=O) groups excluding carboxylic acids is 1.